The van der Waals surface area contributed by atoms with E-state index in [4.69, 9.17) is 0 Å². The van der Waals surface area contributed by atoms with Crippen molar-refractivity contribution in [2.45, 2.75) is 11.8 Å². The number of rotatable bonds is 3. The van der Waals surface area contributed by atoms with Crippen molar-refractivity contribution >= 4 is 21.1 Å². The first-order chi connectivity index (χ1) is 10.0. The zero-order valence-corrected chi connectivity index (χ0v) is 12.4. The van der Waals surface area contributed by atoms with Crippen LogP contribution in [0, 0.1) is 6.92 Å². The Morgan fingerprint density at radius 3 is 2.76 bits per heavy atom. The summed E-state index contributed by atoms with van der Waals surface area (Å²) in [4.78, 5) is 11.8. The van der Waals surface area contributed by atoms with Crippen molar-refractivity contribution in [1.29, 1.82) is 0 Å². The minimum Gasteiger partial charge on any atom is -0.343 e. The Bertz CT molecular complexity index is 916. The monoisotopic (exact) mass is 302 g/mol. The van der Waals surface area contributed by atoms with E-state index in [1.165, 1.54) is 13.4 Å². The Morgan fingerprint density at radius 1 is 1.19 bits per heavy atom. The zero-order valence-electron chi connectivity index (χ0n) is 11.6. The molecule has 0 radical (unpaired) electrons. The number of aromatic amines is 1. The predicted molar refractivity (Wildman–Crippen MR) is 80.3 cm³/mol. The molecule has 108 valence electrons. The van der Waals surface area contributed by atoms with Crippen molar-refractivity contribution in [3.05, 3.63) is 42.4 Å². The number of benzene rings is 1. The Balaban J connectivity index is 2.22. The first-order valence-corrected chi connectivity index (χ1v) is 7.84. The normalized spacial score (nSPS) is 11.9. The molecular formula is C14H14N4O2S. The van der Waals surface area contributed by atoms with Crippen LogP contribution in [0.2, 0.25) is 0 Å². The minimum absolute atomic E-state index is 0.210. The minimum atomic E-state index is -3.48. The summed E-state index contributed by atoms with van der Waals surface area (Å²) < 4.78 is 26.1. The van der Waals surface area contributed by atoms with Crippen molar-refractivity contribution in [3.8, 4) is 11.3 Å². The Labute approximate surface area is 122 Å². The van der Waals surface area contributed by atoms with Gasteiger partial charge in [0.15, 0.2) is 0 Å². The highest BCUT2D eigenvalue weighted by molar-refractivity contribution is 7.89. The second-order valence-corrected chi connectivity index (χ2v) is 6.56. The molecule has 2 aromatic heterocycles. The SMILES string of the molecule is CNS(=O)(=O)c1cccc(-c2ncnc3[nH]c(C)cc23)c1. The molecule has 1 aromatic carbocycles. The standard InChI is InChI=1S/C14H14N4O2S/c1-9-6-12-13(16-8-17-14(12)18-9)10-4-3-5-11(7-10)21(19,20)15-2/h3-8,15H,1-2H3,(H,16,17,18). The molecule has 7 heteroatoms. The lowest BCUT2D eigenvalue weighted by atomic mass is 10.1. The fourth-order valence-electron chi connectivity index (χ4n) is 2.23. The molecule has 0 atom stereocenters. The molecule has 21 heavy (non-hydrogen) atoms. The first-order valence-electron chi connectivity index (χ1n) is 6.35. The molecule has 0 fully saturated rings. The lowest BCUT2D eigenvalue weighted by molar-refractivity contribution is 0.588. The van der Waals surface area contributed by atoms with Gasteiger partial charge in [-0.3, -0.25) is 0 Å². The number of fused-ring (bicyclic) bond motifs is 1. The van der Waals surface area contributed by atoms with Crippen molar-refractivity contribution < 1.29 is 8.42 Å². The molecule has 0 amide bonds. The van der Waals surface area contributed by atoms with E-state index in [1.807, 2.05) is 19.1 Å². The van der Waals surface area contributed by atoms with Crippen LogP contribution in [-0.4, -0.2) is 30.4 Å². The second kappa shape index (κ2) is 4.94. The van der Waals surface area contributed by atoms with Crippen LogP contribution >= 0.6 is 0 Å². The molecule has 0 spiro atoms. The van der Waals surface area contributed by atoms with Crippen LogP contribution in [0.25, 0.3) is 22.3 Å². The van der Waals surface area contributed by atoms with Crippen LogP contribution in [0.4, 0.5) is 0 Å². The summed E-state index contributed by atoms with van der Waals surface area (Å²) in [7, 11) is -2.09. The predicted octanol–water partition coefficient (Wildman–Crippen LogP) is 1.84. The van der Waals surface area contributed by atoms with E-state index in [-0.39, 0.29) is 4.90 Å². The number of sulfonamides is 1. The molecule has 0 saturated heterocycles. The molecular weight excluding hydrogens is 288 g/mol. The maximum Gasteiger partial charge on any atom is 0.240 e. The molecule has 0 aliphatic carbocycles. The molecule has 6 nitrogen and oxygen atoms in total. The number of nitrogens with one attached hydrogen (secondary N) is 2. The first kappa shape index (κ1) is 13.7. The van der Waals surface area contributed by atoms with Crippen LogP contribution in [-0.2, 0) is 10.0 Å². The van der Waals surface area contributed by atoms with E-state index in [2.05, 4.69) is 19.7 Å². The maximum absolute atomic E-state index is 11.9. The fraction of sp³-hybridized carbons (Fsp3) is 0.143. The number of hydrogen-bond donors (Lipinski definition) is 2. The second-order valence-electron chi connectivity index (χ2n) is 4.67. The van der Waals surface area contributed by atoms with Crippen LogP contribution in [0.15, 0.2) is 41.6 Å². The van der Waals surface area contributed by atoms with E-state index < -0.39 is 10.0 Å². The van der Waals surface area contributed by atoms with Gasteiger partial charge in [-0.1, -0.05) is 12.1 Å². The average molecular weight is 302 g/mol. The van der Waals surface area contributed by atoms with E-state index >= 15 is 0 Å². The van der Waals surface area contributed by atoms with E-state index in [0.717, 1.165) is 22.3 Å². The summed E-state index contributed by atoms with van der Waals surface area (Å²) in [5.41, 5.74) is 3.15. The van der Waals surface area contributed by atoms with Crippen LogP contribution in [0.5, 0.6) is 0 Å². The summed E-state index contributed by atoms with van der Waals surface area (Å²) in [5, 5.41) is 0.869. The number of nitrogens with zero attached hydrogens (tertiary/aromatic N) is 2. The maximum atomic E-state index is 11.9. The van der Waals surface area contributed by atoms with Gasteiger partial charge < -0.3 is 4.98 Å². The van der Waals surface area contributed by atoms with E-state index in [9.17, 15) is 8.42 Å². The molecule has 0 aliphatic heterocycles. The highest BCUT2D eigenvalue weighted by atomic mass is 32.2. The van der Waals surface area contributed by atoms with Crippen molar-refractivity contribution in [3.63, 3.8) is 0 Å². The fourth-order valence-corrected chi connectivity index (χ4v) is 3.01. The van der Waals surface area contributed by atoms with Crippen LogP contribution in [0.1, 0.15) is 5.69 Å². The largest absolute Gasteiger partial charge is 0.343 e. The number of H-pyrrole nitrogens is 1. The molecule has 2 N–H and O–H groups in total. The smallest absolute Gasteiger partial charge is 0.240 e. The van der Waals surface area contributed by atoms with Gasteiger partial charge in [0, 0.05) is 16.6 Å². The molecule has 0 unspecified atom stereocenters. The highest BCUT2D eigenvalue weighted by Gasteiger charge is 2.14. The molecule has 3 aromatic rings. The van der Waals surface area contributed by atoms with Crippen molar-refractivity contribution in [2.75, 3.05) is 7.05 Å². The summed E-state index contributed by atoms with van der Waals surface area (Å²) >= 11 is 0. The van der Waals surface area contributed by atoms with Gasteiger partial charge in [-0.25, -0.2) is 23.1 Å². The third-order valence-corrected chi connectivity index (χ3v) is 4.66. The third kappa shape index (κ3) is 2.41. The molecule has 0 saturated carbocycles. The van der Waals surface area contributed by atoms with Gasteiger partial charge in [0.1, 0.15) is 12.0 Å². The lowest BCUT2D eigenvalue weighted by Crippen LogP contribution is -2.18. The van der Waals surface area contributed by atoms with Crippen molar-refractivity contribution in [2.24, 2.45) is 0 Å². The summed E-state index contributed by atoms with van der Waals surface area (Å²) in [5.74, 6) is 0. The Morgan fingerprint density at radius 2 is 2.00 bits per heavy atom. The molecule has 2 heterocycles. The quantitative estimate of drug-likeness (QED) is 0.773. The average Bonchev–Trinajstić information content (AvgIpc) is 2.87. The van der Waals surface area contributed by atoms with Gasteiger partial charge in [-0.2, -0.15) is 0 Å². The zero-order chi connectivity index (χ0) is 15.0. The van der Waals surface area contributed by atoms with Crippen LogP contribution in [0.3, 0.4) is 0 Å². The third-order valence-electron chi connectivity index (χ3n) is 3.25. The van der Waals surface area contributed by atoms with E-state index in [1.54, 1.807) is 18.2 Å². The van der Waals surface area contributed by atoms with Gasteiger partial charge in [-0.15, -0.1) is 0 Å². The summed E-state index contributed by atoms with van der Waals surface area (Å²) in [6.45, 7) is 1.94. The Hall–Kier alpha value is -2.25. The van der Waals surface area contributed by atoms with Gasteiger partial charge in [0.25, 0.3) is 0 Å². The van der Waals surface area contributed by atoms with Crippen molar-refractivity contribution in [1.82, 2.24) is 19.7 Å². The van der Waals surface area contributed by atoms with Gasteiger partial charge in [0.05, 0.1) is 10.6 Å². The van der Waals surface area contributed by atoms with Gasteiger partial charge in [-0.05, 0) is 32.2 Å². The molecule has 3 rings (SSSR count). The topological polar surface area (TPSA) is 87.7 Å². The lowest BCUT2D eigenvalue weighted by Gasteiger charge is -2.06. The number of aromatic nitrogens is 3. The Kier molecular flexibility index (Phi) is 3.23. The van der Waals surface area contributed by atoms with Crippen LogP contribution < -0.4 is 4.72 Å². The summed E-state index contributed by atoms with van der Waals surface area (Å²) in [6, 6.07) is 8.64. The number of aryl methyl sites for hydroxylation is 1. The number of hydrogen-bond acceptors (Lipinski definition) is 4. The summed E-state index contributed by atoms with van der Waals surface area (Å²) in [6.07, 6.45) is 1.47. The highest BCUT2D eigenvalue weighted by Crippen LogP contribution is 2.27. The van der Waals surface area contributed by atoms with Gasteiger partial charge in [0.2, 0.25) is 10.0 Å². The molecule has 0 bridgehead atoms. The molecule has 0 aliphatic rings. The van der Waals surface area contributed by atoms with Gasteiger partial charge >= 0.3 is 0 Å². The van der Waals surface area contributed by atoms with E-state index in [0.29, 0.717) is 5.69 Å².